The van der Waals surface area contributed by atoms with Crippen molar-refractivity contribution in [3.8, 4) is 5.75 Å². The summed E-state index contributed by atoms with van der Waals surface area (Å²) >= 11 is 0. The average Bonchev–Trinajstić information content (AvgIpc) is 2.84. The summed E-state index contributed by atoms with van der Waals surface area (Å²) in [6.45, 7) is 7.73. The molecule has 1 N–H and O–H groups in total. The molecule has 0 fully saturated rings. The predicted octanol–water partition coefficient (Wildman–Crippen LogP) is 4.01. The SMILES string of the molecule is CNCc1ccc(COc2ccc(C(C)C)c(C)c2)o1. The summed E-state index contributed by atoms with van der Waals surface area (Å²) in [6.07, 6.45) is 0. The zero-order valence-corrected chi connectivity index (χ0v) is 12.7. The van der Waals surface area contributed by atoms with Crippen LogP contribution < -0.4 is 10.1 Å². The highest BCUT2D eigenvalue weighted by atomic mass is 16.5. The third kappa shape index (κ3) is 3.64. The van der Waals surface area contributed by atoms with E-state index in [9.17, 15) is 0 Å². The molecule has 0 unspecified atom stereocenters. The molecule has 0 saturated carbocycles. The van der Waals surface area contributed by atoms with Gasteiger partial charge in [0.15, 0.2) is 0 Å². The van der Waals surface area contributed by atoms with Crippen molar-refractivity contribution in [3.63, 3.8) is 0 Å². The Morgan fingerprint density at radius 3 is 2.55 bits per heavy atom. The Hall–Kier alpha value is -1.74. The van der Waals surface area contributed by atoms with Crippen LogP contribution in [0.25, 0.3) is 0 Å². The molecule has 3 heteroatoms. The van der Waals surface area contributed by atoms with Crippen molar-refractivity contribution in [2.75, 3.05) is 7.05 Å². The van der Waals surface area contributed by atoms with Crippen LogP contribution in [0.4, 0.5) is 0 Å². The second kappa shape index (κ2) is 6.62. The van der Waals surface area contributed by atoms with Crippen LogP contribution in [0.3, 0.4) is 0 Å². The quantitative estimate of drug-likeness (QED) is 0.863. The standard InChI is InChI=1S/C17H23NO2/c1-12(2)17-8-7-14(9-13(17)3)19-11-16-6-5-15(20-16)10-18-4/h5-9,12,18H,10-11H2,1-4H3. The van der Waals surface area contributed by atoms with Gasteiger partial charge in [-0.2, -0.15) is 0 Å². The molecule has 0 aliphatic carbocycles. The van der Waals surface area contributed by atoms with Gasteiger partial charge >= 0.3 is 0 Å². The third-order valence-electron chi connectivity index (χ3n) is 3.31. The Bertz CT molecular complexity index is 558. The van der Waals surface area contributed by atoms with E-state index in [4.69, 9.17) is 9.15 Å². The summed E-state index contributed by atoms with van der Waals surface area (Å²) in [6, 6.07) is 10.2. The summed E-state index contributed by atoms with van der Waals surface area (Å²) in [7, 11) is 1.90. The minimum atomic E-state index is 0.462. The van der Waals surface area contributed by atoms with Crippen molar-refractivity contribution in [1.82, 2.24) is 5.32 Å². The van der Waals surface area contributed by atoms with Gasteiger partial charge in [-0.25, -0.2) is 0 Å². The molecule has 3 nitrogen and oxygen atoms in total. The van der Waals surface area contributed by atoms with Gasteiger partial charge in [0, 0.05) is 0 Å². The lowest BCUT2D eigenvalue weighted by atomic mass is 9.98. The lowest BCUT2D eigenvalue weighted by molar-refractivity contribution is 0.265. The van der Waals surface area contributed by atoms with Crippen LogP contribution in [0.1, 0.15) is 42.4 Å². The number of rotatable bonds is 6. The summed E-state index contributed by atoms with van der Waals surface area (Å²) in [5.74, 6) is 3.20. The molecule has 0 saturated heterocycles. The van der Waals surface area contributed by atoms with Crippen LogP contribution in [-0.2, 0) is 13.2 Å². The van der Waals surface area contributed by atoms with Crippen molar-refractivity contribution in [3.05, 3.63) is 53.0 Å². The molecule has 108 valence electrons. The lowest BCUT2D eigenvalue weighted by Gasteiger charge is -2.12. The molecule has 0 aliphatic rings. The maximum absolute atomic E-state index is 5.78. The number of ether oxygens (including phenoxy) is 1. The first-order valence-electron chi connectivity index (χ1n) is 7.05. The molecule has 2 rings (SSSR count). The van der Waals surface area contributed by atoms with Gasteiger partial charge in [-0.15, -0.1) is 0 Å². The van der Waals surface area contributed by atoms with Gasteiger partial charge in [-0.1, -0.05) is 19.9 Å². The molecular weight excluding hydrogens is 250 g/mol. The first kappa shape index (κ1) is 14.7. The molecule has 0 bridgehead atoms. The molecule has 0 aliphatic heterocycles. The Balaban J connectivity index is 1.98. The average molecular weight is 273 g/mol. The molecule has 0 amide bonds. The van der Waals surface area contributed by atoms with Crippen molar-refractivity contribution >= 4 is 0 Å². The second-order valence-electron chi connectivity index (χ2n) is 5.36. The van der Waals surface area contributed by atoms with E-state index in [1.165, 1.54) is 11.1 Å². The highest BCUT2D eigenvalue weighted by molar-refractivity contribution is 5.36. The fraction of sp³-hybridized carbons (Fsp3) is 0.412. The number of benzene rings is 1. The van der Waals surface area contributed by atoms with E-state index in [0.717, 1.165) is 23.8 Å². The topological polar surface area (TPSA) is 34.4 Å². The monoisotopic (exact) mass is 273 g/mol. The number of aryl methyl sites for hydroxylation is 1. The maximum atomic E-state index is 5.78. The third-order valence-corrected chi connectivity index (χ3v) is 3.31. The van der Waals surface area contributed by atoms with Gasteiger partial charge in [-0.3, -0.25) is 0 Å². The summed E-state index contributed by atoms with van der Waals surface area (Å²) < 4.78 is 11.4. The molecule has 0 radical (unpaired) electrons. The van der Waals surface area contributed by atoms with E-state index in [2.05, 4.69) is 38.2 Å². The number of hydrogen-bond acceptors (Lipinski definition) is 3. The van der Waals surface area contributed by atoms with Crippen LogP contribution in [0.5, 0.6) is 5.75 Å². The first-order valence-corrected chi connectivity index (χ1v) is 7.05. The Morgan fingerprint density at radius 2 is 1.90 bits per heavy atom. The van der Waals surface area contributed by atoms with E-state index in [1.807, 2.05) is 25.2 Å². The largest absolute Gasteiger partial charge is 0.486 e. The van der Waals surface area contributed by atoms with Gasteiger partial charge in [0.2, 0.25) is 0 Å². The molecule has 20 heavy (non-hydrogen) atoms. The van der Waals surface area contributed by atoms with E-state index < -0.39 is 0 Å². The van der Waals surface area contributed by atoms with E-state index in [1.54, 1.807) is 0 Å². The molecule has 0 atom stereocenters. The highest BCUT2D eigenvalue weighted by Crippen LogP contribution is 2.24. The first-order chi connectivity index (χ1) is 9.60. The van der Waals surface area contributed by atoms with Crippen LogP contribution in [0, 0.1) is 6.92 Å². The molecular formula is C17H23NO2. The maximum Gasteiger partial charge on any atom is 0.146 e. The van der Waals surface area contributed by atoms with Crippen molar-refractivity contribution in [2.24, 2.45) is 0 Å². The van der Waals surface area contributed by atoms with Crippen molar-refractivity contribution < 1.29 is 9.15 Å². The number of furan rings is 1. The van der Waals surface area contributed by atoms with Crippen molar-refractivity contribution in [2.45, 2.75) is 39.8 Å². The number of hydrogen-bond donors (Lipinski definition) is 1. The Morgan fingerprint density at radius 1 is 1.15 bits per heavy atom. The molecule has 1 aromatic heterocycles. The fourth-order valence-electron chi connectivity index (χ4n) is 2.31. The van der Waals surface area contributed by atoms with Gasteiger partial charge in [0.25, 0.3) is 0 Å². The van der Waals surface area contributed by atoms with Gasteiger partial charge in [0.05, 0.1) is 6.54 Å². The van der Waals surface area contributed by atoms with E-state index >= 15 is 0 Å². The van der Waals surface area contributed by atoms with Crippen LogP contribution in [0.15, 0.2) is 34.7 Å². The second-order valence-corrected chi connectivity index (χ2v) is 5.36. The zero-order valence-electron chi connectivity index (χ0n) is 12.7. The van der Waals surface area contributed by atoms with E-state index in [0.29, 0.717) is 12.5 Å². The smallest absolute Gasteiger partial charge is 0.146 e. The van der Waals surface area contributed by atoms with Crippen LogP contribution in [-0.4, -0.2) is 7.05 Å². The van der Waals surface area contributed by atoms with Crippen LogP contribution >= 0.6 is 0 Å². The predicted molar refractivity (Wildman–Crippen MR) is 81.1 cm³/mol. The normalized spacial score (nSPS) is 11.1. The minimum Gasteiger partial charge on any atom is -0.486 e. The fourth-order valence-corrected chi connectivity index (χ4v) is 2.31. The summed E-state index contributed by atoms with van der Waals surface area (Å²) in [5.41, 5.74) is 2.64. The van der Waals surface area contributed by atoms with Crippen LogP contribution in [0.2, 0.25) is 0 Å². The van der Waals surface area contributed by atoms with E-state index in [-0.39, 0.29) is 0 Å². The highest BCUT2D eigenvalue weighted by Gasteiger charge is 2.06. The van der Waals surface area contributed by atoms with Gasteiger partial charge in [0.1, 0.15) is 23.9 Å². The molecule has 0 spiro atoms. The van der Waals surface area contributed by atoms with Gasteiger partial charge in [-0.05, 0) is 55.3 Å². The minimum absolute atomic E-state index is 0.462. The number of nitrogens with one attached hydrogen (secondary N) is 1. The molecule has 1 aromatic carbocycles. The molecule has 1 heterocycles. The lowest BCUT2D eigenvalue weighted by Crippen LogP contribution is -2.03. The zero-order chi connectivity index (χ0) is 14.5. The Kier molecular flexibility index (Phi) is 4.85. The van der Waals surface area contributed by atoms with Gasteiger partial charge < -0.3 is 14.5 Å². The summed E-state index contributed by atoms with van der Waals surface area (Å²) in [4.78, 5) is 0. The van der Waals surface area contributed by atoms with Crippen molar-refractivity contribution in [1.29, 1.82) is 0 Å². The Labute approximate surface area is 121 Å². The molecule has 2 aromatic rings. The summed E-state index contributed by atoms with van der Waals surface area (Å²) in [5, 5.41) is 3.06.